The number of carbonyl (C=O) groups excluding carboxylic acids is 2. The lowest BCUT2D eigenvalue weighted by Gasteiger charge is -2.31. The quantitative estimate of drug-likeness (QED) is 0.0281. The highest BCUT2D eigenvalue weighted by molar-refractivity contribution is 5.72. The zero-order valence-electron chi connectivity index (χ0n) is 42.3. The second kappa shape index (κ2) is 46.3. The zero-order chi connectivity index (χ0) is 46.3. The fraction of sp³-hybridized carbons (Fsp3) is 0.873. The summed E-state index contributed by atoms with van der Waals surface area (Å²) in [5.41, 5.74) is 0. The predicted octanol–water partition coefficient (Wildman–Crippen LogP) is 15.6. The number of quaternary nitrogens is 1. The molecule has 0 aromatic carbocycles. The Morgan fingerprint density at radius 2 is 0.841 bits per heavy atom. The Balaban J connectivity index is 4.13. The van der Waals surface area contributed by atoms with Gasteiger partial charge in [-0.05, 0) is 44.9 Å². The molecule has 0 heterocycles. The summed E-state index contributed by atoms with van der Waals surface area (Å²) in [7, 11) is 5.54. The third kappa shape index (κ3) is 44.8. The van der Waals surface area contributed by atoms with Crippen molar-refractivity contribution in [1.29, 1.82) is 0 Å². The topological polar surface area (TPSA) is 99.1 Å². The summed E-state index contributed by atoms with van der Waals surface area (Å²) in [6.07, 6.45) is 53.8. The molecule has 0 aliphatic carbocycles. The molecule has 63 heavy (non-hydrogen) atoms. The summed E-state index contributed by atoms with van der Waals surface area (Å²) in [6.45, 7) is 4.74. The van der Waals surface area contributed by atoms with Gasteiger partial charge in [-0.1, -0.05) is 218 Å². The first-order valence-electron chi connectivity index (χ1n) is 26.9. The molecule has 0 rings (SSSR count). The molecule has 370 valence electrons. The van der Waals surface area contributed by atoms with Crippen LogP contribution in [0.4, 0.5) is 0 Å². The molecule has 2 unspecified atom stereocenters. The Morgan fingerprint density at radius 1 is 0.476 bits per heavy atom. The number of rotatable bonds is 49. The van der Waals surface area contributed by atoms with Crippen LogP contribution in [0.2, 0.25) is 0 Å². The van der Waals surface area contributed by atoms with Gasteiger partial charge in [-0.3, -0.25) is 9.59 Å². The first-order valence-corrected chi connectivity index (χ1v) is 26.9. The molecule has 0 spiro atoms. The van der Waals surface area contributed by atoms with E-state index in [4.69, 9.17) is 14.2 Å². The van der Waals surface area contributed by atoms with E-state index < -0.39 is 18.1 Å². The summed E-state index contributed by atoms with van der Waals surface area (Å²) in [6, 6.07) is -0.615. The van der Waals surface area contributed by atoms with Crippen LogP contribution in [0.1, 0.15) is 258 Å². The van der Waals surface area contributed by atoms with Crippen LogP contribution in [0.5, 0.6) is 0 Å². The van der Waals surface area contributed by atoms with E-state index in [-0.39, 0.29) is 36.2 Å². The second-order valence-electron chi connectivity index (χ2n) is 19.5. The van der Waals surface area contributed by atoms with Gasteiger partial charge < -0.3 is 23.8 Å². The number of allylic oxidation sites excluding steroid dienone is 4. The first-order chi connectivity index (χ1) is 30.6. The van der Waals surface area contributed by atoms with Crippen molar-refractivity contribution in [2.45, 2.75) is 270 Å². The maximum atomic E-state index is 12.8. The largest absolute Gasteiger partial charge is 0.477 e. The smallest absolute Gasteiger partial charge is 0.362 e. The predicted molar refractivity (Wildman–Crippen MR) is 266 cm³/mol. The van der Waals surface area contributed by atoms with Crippen molar-refractivity contribution >= 4 is 17.9 Å². The van der Waals surface area contributed by atoms with Gasteiger partial charge in [0.2, 0.25) is 0 Å². The molecule has 0 saturated heterocycles. The van der Waals surface area contributed by atoms with E-state index in [1.54, 1.807) is 0 Å². The van der Waals surface area contributed by atoms with Crippen molar-refractivity contribution in [3.05, 3.63) is 24.3 Å². The number of esters is 2. The molecule has 0 aromatic heterocycles. The highest BCUT2D eigenvalue weighted by Crippen LogP contribution is 2.17. The molecule has 0 fully saturated rings. The van der Waals surface area contributed by atoms with E-state index in [2.05, 4.69) is 38.2 Å². The number of carbonyl (C=O) groups is 3. The Bertz CT molecular complexity index is 1080. The number of carboxylic acid groups (broad SMARTS) is 1. The Kier molecular flexibility index (Phi) is 44.7. The minimum absolute atomic E-state index is 0.0518. The highest BCUT2D eigenvalue weighted by atomic mass is 16.6. The van der Waals surface area contributed by atoms with E-state index in [1.165, 1.54) is 161 Å². The third-order valence-corrected chi connectivity index (χ3v) is 12.4. The van der Waals surface area contributed by atoms with Crippen molar-refractivity contribution in [3.63, 3.8) is 0 Å². The first kappa shape index (κ1) is 60.8. The van der Waals surface area contributed by atoms with Gasteiger partial charge in [0.15, 0.2) is 12.1 Å². The molecular formula is C55H104NO7+. The average Bonchev–Trinajstić information content (AvgIpc) is 3.24. The maximum absolute atomic E-state index is 12.8. The number of carboxylic acids is 1. The van der Waals surface area contributed by atoms with Gasteiger partial charge in [0, 0.05) is 19.3 Å². The lowest BCUT2D eigenvalue weighted by Crippen LogP contribution is -2.50. The summed E-state index contributed by atoms with van der Waals surface area (Å²) in [4.78, 5) is 37.2. The summed E-state index contributed by atoms with van der Waals surface area (Å²) >= 11 is 0. The molecule has 0 saturated carbocycles. The van der Waals surface area contributed by atoms with Crippen molar-refractivity contribution in [1.82, 2.24) is 0 Å². The van der Waals surface area contributed by atoms with Gasteiger partial charge in [0.25, 0.3) is 0 Å². The van der Waals surface area contributed by atoms with Crippen molar-refractivity contribution < 1.29 is 38.2 Å². The number of hydrogen-bond donors (Lipinski definition) is 1. The molecule has 2 atom stereocenters. The van der Waals surface area contributed by atoms with Gasteiger partial charge in [-0.15, -0.1) is 0 Å². The Labute approximate surface area is 390 Å². The van der Waals surface area contributed by atoms with Crippen LogP contribution in [0.3, 0.4) is 0 Å². The minimum Gasteiger partial charge on any atom is -0.477 e. The Hall–Kier alpha value is -2.19. The molecule has 0 aromatic rings. The lowest BCUT2D eigenvalue weighted by atomic mass is 10.0. The van der Waals surface area contributed by atoms with Crippen LogP contribution in [-0.2, 0) is 28.6 Å². The number of likely N-dealkylation sites (N-methyl/N-ethyl adjacent to an activating group) is 1. The van der Waals surface area contributed by atoms with Gasteiger partial charge in [0.05, 0.1) is 34.4 Å². The van der Waals surface area contributed by atoms with Gasteiger partial charge in [-0.2, -0.15) is 0 Å². The van der Waals surface area contributed by atoms with Gasteiger partial charge in [0.1, 0.15) is 6.61 Å². The zero-order valence-corrected chi connectivity index (χ0v) is 42.3. The minimum atomic E-state index is -0.874. The summed E-state index contributed by atoms with van der Waals surface area (Å²) < 4.78 is 17.4. The van der Waals surface area contributed by atoms with Crippen LogP contribution in [0, 0.1) is 0 Å². The number of ether oxygens (including phenoxy) is 3. The molecule has 0 radical (unpaired) electrons. The number of unbranched alkanes of at least 4 members (excludes halogenated alkanes) is 31. The molecular weight excluding hydrogens is 787 g/mol. The van der Waals surface area contributed by atoms with Crippen molar-refractivity contribution in [2.24, 2.45) is 0 Å². The SMILES string of the molecule is CCCCC/C=C\C/C=C\CCCCCCCC(=O)OC(COCCC(C(=O)O)[N+](C)(C)C)COC(=O)CCCCCCCCCCCCCCCCCCCCCCCCCC. The molecule has 0 amide bonds. The fourth-order valence-corrected chi connectivity index (χ4v) is 8.18. The van der Waals surface area contributed by atoms with Gasteiger partial charge >= 0.3 is 17.9 Å². The normalized spacial score (nSPS) is 13.0. The average molecular weight is 891 g/mol. The van der Waals surface area contributed by atoms with E-state index in [9.17, 15) is 19.5 Å². The second-order valence-corrected chi connectivity index (χ2v) is 19.5. The van der Waals surface area contributed by atoms with Crippen molar-refractivity contribution in [2.75, 3.05) is 41.0 Å². The van der Waals surface area contributed by atoms with Crippen LogP contribution in [0.15, 0.2) is 24.3 Å². The molecule has 8 nitrogen and oxygen atoms in total. The van der Waals surface area contributed by atoms with E-state index in [0.29, 0.717) is 19.3 Å². The third-order valence-electron chi connectivity index (χ3n) is 12.4. The lowest BCUT2D eigenvalue weighted by molar-refractivity contribution is -0.887. The van der Waals surface area contributed by atoms with Crippen LogP contribution >= 0.6 is 0 Å². The number of hydrogen-bond acceptors (Lipinski definition) is 6. The molecule has 0 aliphatic heterocycles. The Morgan fingerprint density at radius 3 is 1.25 bits per heavy atom. The van der Waals surface area contributed by atoms with E-state index in [0.717, 1.165) is 64.2 Å². The van der Waals surface area contributed by atoms with E-state index in [1.807, 2.05) is 21.1 Å². The summed E-state index contributed by atoms with van der Waals surface area (Å²) in [5, 5.41) is 9.65. The molecule has 8 heteroatoms. The van der Waals surface area contributed by atoms with Crippen LogP contribution in [0.25, 0.3) is 0 Å². The summed E-state index contributed by atoms with van der Waals surface area (Å²) in [5.74, 6) is -1.47. The van der Waals surface area contributed by atoms with Crippen LogP contribution in [-0.4, -0.2) is 80.6 Å². The monoisotopic (exact) mass is 891 g/mol. The standard InChI is InChI=1S/C55H103NO7/c1-6-8-10-12-14-16-18-20-22-23-24-25-26-27-28-29-30-32-33-35-37-39-41-43-45-53(57)62-50-51(49-61-48-47-52(55(59)60)56(3,4)5)63-54(58)46-44-42-40-38-36-34-31-21-19-17-15-13-11-9-7-2/h15,17,21,31,51-52H,6-14,16,18-20,22-30,32-50H2,1-5H3/p+1/b17-15-,31-21-. The van der Waals surface area contributed by atoms with E-state index >= 15 is 0 Å². The molecule has 1 N–H and O–H groups in total. The molecule has 0 aliphatic rings. The van der Waals surface area contributed by atoms with Gasteiger partial charge in [-0.25, -0.2) is 4.79 Å². The van der Waals surface area contributed by atoms with Crippen molar-refractivity contribution in [3.8, 4) is 0 Å². The fourth-order valence-electron chi connectivity index (χ4n) is 8.18. The number of aliphatic carboxylic acids is 1. The van der Waals surface area contributed by atoms with Crippen LogP contribution < -0.4 is 0 Å². The maximum Gasteiger partial charge on any atom is 0.362 e. The number of nitrogens with zero attached hydrogens (tertiary/aromatic N) is 1. The highest BCUT2D eigenvalue weighted by Gasteiger charge is 2.31. The molecule has 0 bridgehead atoms.